The maximum absolute atomic E-state index is 12.8. The molecule has 0 saturated heterocycles. The Hall–Kier alpha value is -4.42. The van der Waals surface area contributed by atoms with Gasteiger partial charge in [0, 0.05) is 36.5 Å². The van der Waals surface area contributed by atoms with Gasteiger partial charge >= 0.3 is 12.4 Å². The molecule has 0 aliphatic carbocycles. The van der Waals surface area contributed by atoms with Crippen LogP contribution in [0.2, 0.25) is 0 Å². The van der Waals surface area contributed by atoms with Gasteiger partial charge in [-0.3, -0.25) is 19.3 Å². The zero-order chi connectivity index (χ0) is 32.1. The number of rotatable bonds is 12. The van der Waals surface area contributed by atoms with Gasteiger partial charge in [0.05, 0.1) is 27.7 Å². The topological polar surface area (TPSA) is 97.1 Å². The van der Waals surface area contributed by atoms with Gasteiger partial charge in [0.2, 0.25) is 0 Å². The van der Waals surface area contributed by atoms with Crippen molar-refractivity contribution in [1.29, 1.82) is 0 Å². The lowest BCUT2D eigenvalue weighted by Crippen LogP contribution is -2.33. The van der Waals surface area contributed by atoms with E-state index in [4.69, 9.17) is 0 Å². The van der Waals surface area contributed by atoms with Crippen LogP contribution in [-0.4, -0.2) is 44.3 Å². The average Bonchev–Trinajstić information content (AvgIpc) is 3.39. The summed E-state index contributed by atoms with van der Waals surface area (Å²) in [6.07, 6.45) is -3.41. The lowest BCUT2D eigenvalue weighted by Gasteiger charge is -2.16. The highest BCUT2D eigenvalue weighted by Crippen LogP contribution is 2.31. The molecular formula is C31H30F6N4O3. The highest BCUT2D eigenvalue weighted by atomic mass is 19.4. The second-order valence-electron chi connectivity index (χ2n) is 10.5. The molecule has 0 fully saturated rings. The number of phenolic OH excluding ortho intramolecular Hbond substituents is 1. The van der Waals surface area contributed by atoms with E-state index >= 15 is 0 Å². The van der Waals surface area contributed by atoms with Crippen molar-refractivity contribution in [2.45, 2.75) is 57.9 Å². The number of hydrogen-bond donors (Lipinski definition) is 2. The van der Waals surface area contributed by atoms with Crippen LogP contribution in [0.15, 0.2) is 60.9 Å². The van der Waals surface area contributed by atoms with Crippen molar-refractivity contribution in [2.24, 2.45) is 5.92 Å². The predicted molar refractivity (Wildman–Crippen MR) is 151 cm³/mol. The molecule has 2 heterocycles. The molecule has 7 nitrogen and oxygen atoms in total. The van der Waals surface area contributed by atoms with Gasteiger partial charge in [0.1, 0.15) is 12.3 Å². The minimum absolute atomic E-state index is 0.0711. The van der Waals surface area contributed by atoms with Crippen LogP contribution in [0.4, 0.5) is 26.3 Å². The Morgan fingerprint density at radius 3 is 2.32 bits per heavy atom. The first-order chi connectivity index (χ1) is 20.7. The van der Waals surface area contributed by atoms with Gasteiger partial charge in [-0.15, -0.1) is 0 Å². The number of hydrogen-bond acceptors (Lipinski definition) is 5. The molecule has 44 heavy (non-hydrogen) atoms. The molecule has 4 rings (SSSR count). The second-order valence-corrected chi connectivity index (χ2v) is 10.5. The van der Waals surface area contributed by atoms with Gasteiger partial charge in [-0.25, -0.2) is 0 Å². The predicted octanol–water partition coefficient (Wildman–Crippen LogP) is 7.58. The maximum atomic E-state index is 12.8. The molecule has 0 radical (unpaired) electrons. The number of aromatic nitrogens is 3. The highest BCUT2D eigenvalue weighted by Gasteiger charge is 2.31. The standard InChI is InChI=1S/C31H30F6N4O3/c1-2-4-19(16-41-17-24-26(40-41)14-12-23(28(24)43)29(44)39-18-30(32,33)34)5-3-6-27(42)21-9-7-20(8-10-21)25-13-11-22(15-38-25)31(35,36)37/h7-15,17,19,43H,2-6,16,18H2,1H3,(H,39,44). The van der Waals surface area contributed by atoms with Gasteiger partial charge < -0.3 is 10.4 Å². The Bertz CT molecular complexity index is 1600. The second kappa shape index (κ2) is 13.5. The number of aromatic hydroxyl groups is 1. The number of pyridine rings is 1. The summed E-state index contributed by atoms with van der Waals surface area (Å²) in [6.45, 7) is 0.984. The van der Waals surface area contributed by atoms with Crippen molar-refractivity contribution in [3.8, 4) is 17.0 Å². The number of nitrogens with one attached hydrogen (secondary N) is 1. The Morgan fingerprint density at radius 1 is 0.977 bits per heavy atom. The van der Waals surface area contributed by atoms with E-state index in [9.17, 15) is 41.0 Å². The molecule has 234 valence electrons. The van der Waals surface area contributed by atoms with E-state index < -0.39 is 36.1 Å². The Labute approximate surface area is 248 Å². The lowest BCUT2D eigenvalue weighted by molar-refractivity contribution is -0.137. The molecule has 0 saturated carbocycles. The maximum Gasteiger partial charge on any atom is 0.417 e. The van der Waals surface area contributed by atoms with Crippen LogP contribution >= 0.6 is 0 Å². The lowest BCUT2D eigenvalue weighted by atomic mass is 9.95. The molecule has 0 aliphatic heterocycles. The summed E-state index contributed by atoms with van der Waals surface area (Å²) < 4.78 is 77.4. The van der Waals surface area contributed by atoms with E-state index in [-0.39, 0.29) is 29.1 Å². The fraction of sp³-hybridized carbons (Fsp3) is 0.355. The monoisotopic (exact) mass is 620 g/mol. The van der Waals surface area contributed by atoms with Crippen LogP contribution < -0.4 is 5.32 Å². The summed E-state index contributed by atoms with van der Waals surface area (Å²) in [5, 5.41) is 17.0. The number of fused-ring (bicyclic) bond motifs is 1. The molecule has 2 aromatic carbocycles. The van der Waals surface area contributed by atoms with Gasteiger partial charge in [-0.2, -0.15) is 31.4 Å². The minimum Gasteiger partial charge on any atom is -0.506 e. The largest absolute Gasteiger partial charge is 0.506 e. The normalized spacial score (nSPS) is 12.8. The molecule has 1 unspecified atom stereocenters. The SMILES string of the molecule is CCCC(CCCC(=O)c1ccc(-c2ccc(C(F)(F)F)cn2)cc1)Cn1cc2c(O)c(C(=O)NCC(F)(F)F)ccc2n1. The van der Waals surface area contributed by atoms with Crippen molar-refractivity contribution in [2.75, 3.05) is 6.54 Å². The van der Waals surface area contributed by atoms with Crippen LogP contribution in [-0.2, 0) is 12.7 Å². The first kappa shape index (κ1) is 32.5. The molecule has 0 spiro atoms. The third-order valence-electron chi connectivity index (χ3n) is 7.15. The summed E-state index contributed by atoms with van der Waals surface area (Å²) >= 11 is 0. The average molecular weight is 621 g/mol. The number of phenols is 1. The van der Waals surface area contributed by atoms with Crippen molar-refractivity contribution in [3.05, 3.63) is 77.6 Å². The number of Topliss-reactive ketones (excluding diaryl/α,β-unsaturated/α-hetero) is 1. The van der Waals surface area contributed by atoms with E-state index in [0.29, 0.717) is 41.7 Å². The number of ketones is 1. The van der Waals surface area contributed by atoms with Crippen molar-refractivity contribution < 1.29 is 41.0 Å². The van der Waals surface area contributed by atoms with Gasteiger partial charge in [-0.05, 0) is 49.4 Å². The molecule has 13 heteroatoms. The summed E-state index contributed by atoms with van der Waals surface area (Å²) in [5.74, 6) is -1.43. The van der Waals surface area contributed by atoms with Crippen LogP contribution in [0.5, 0.6) is 5.75 Å². The van der Waals surface area contributed by atoms with Gasteiger partial charge in [0.25, 0.3) is 5.91 Å². The molecule has 2 N–H and O–H groups in total. The zero-order valence-electron chi connectivity index (χ0n) is 23.7. The first-order valence-corrected chi connectivity index (χ1v) is 14.0. The highest BCUT2D eigenvalue weighted by molar-refractivity contribution is 6.02. The van der Waals surface area contributed by atoms with Gasteiger partial charge in [0.15, 0.2) is 5.78 Å². The van der Waals surface area contributed by atoms with E-state index in [1.807, 2.05) is 6.92 Å². The van der Waals surface area contributed by atoms with Crippen molar-refractivity contribution in [3.63, 3.8) is 0 Å². The van der Waals surface area contributed by atoms with Crippen LogP contribution in [0.3, 0.4) is 0 Å². The number of nitrogens with zero attached hydrogens (tertiary/aromatic N) is 3. The molecule has 4 aromatic rings. The van der Waals surface area contributed by atoms with E-state index in [2.05, 4.69) is 10.1 Å². The van der Waals surface area contributed by atoms with E-state index in [0.717, 1.165) is 25.1 Å². The molecule has 1 amide bonds. The fourth-order valence-corrected chi connectivity index (χ4v) is 4.94. The quantitative estimate of drug-likeness (QED) is 0.126. The number of carbonyl (C=O) groups excluding carboxylic acids is 2. The fourth-order valence-electron chi connectivity index (χ4n) is 4.94. The van der Waals surface area contributed by atoms with Crippen LogP contribution in [0.1, 0.15) is 65.3 Å². The Kier molecular flexibility index (Phi) is 9.95. The zero-order valence-corrected chi connectivity index (χ0v) is 23.7. The summed E-state index contributed by atoms with van der Waals surface area (Å²) in [5.41, 5.74) is 0.695. The summed E-state index contributed by atoms with van der Waals surface area (Å²) in [4.78, 5) is 28.8. The Balaban J connectivity index is 1.34. The number of amides is 1. The third kappa shape index (κ3) is 8.35. The van der Waals surface area contributed by atoms with E-state index in [1.165, 1.54) is 18.2 Å². The molecule has 1 atom stereocenters. The number of benzene rings is 2. The number of halogens is 6. The first-order valence-electron chi connectivity index (χ1n) is 14.0. The Morgan fingerprint density at radius 2 is 1.70 bits per heavy atom. The summed E-state index contributed by atoms with van der Waals surface area (Å²) in [6, 6.07) is 11.5. The molecule has 2 aromatic heterocycles. The van der Waals surface area contributed by atoms with Crippen molar-refractivity contribution >= 4 is 22.6 Å². The third-order valence-corrected chi connectivity index (χ3v) is 7.15. The summed E-state index contributed by atoms with van der Waals surface area (Å²) in [7, 11) is 0. The smallest absolute Gasteiger partial charge is 0.417 e. The molecular weight excluding hydrogens is 590 g/mol. The van der Waals surface area contributed by atoms with Crippen LogP contribution in [0.25, 0.3) is 22.2 Å². The van der Waals surface area contributed by atoms with Crippen molar-refractivity contribution in [1.82, 2.24) is 20.1 Å². The number of alkyl halides is 6. The van der Waals surface area contributed by atoms with Gasteiger partial charge in [-0.1, -0.05) is 37.6 Å². The minimum atomic E-state index is -4.58. The van der Waals surface area contributed by atoms with Crippen LogP contribution in [0, 0.1) is 5.92 Å². The molecule has 0 aliphatic rings. The number of carbonyl (C=O) groups is 2. The molecule has 0 bridgehead atoms. The van der Waals surface area contributed by atoms with E-state index in [1.54, 1.807) is 40.5 Å².